The lowest BCUT2D eigenvalue weighted by Gasteiger charge is -2.33. The molecular formula is C21H29O11P. The van der Waals surface area contributed by atoms with Gasteiger partial charge in [-0.15, -0.1) is 0 Å². The van der Waals surface area contributed by atoms with Gasteiger partial charge in [0.25, 0.3) is 0 Å². The second-order valence-electron chi connectivity index (χ2n) is 7.16. The van der Waals surface area contributed by atoms with Crippen molar-refractivity contribution in [3.8, 4) is 0 Å². The van der Waals surface area contributed by atoms with Gasteiger partial charge < -0.3 is 32.7 Å². The average Bonchev–Trinajstić information content (AvgIpc) is 2.98. The van der Waals surface area contributed by atoms with Gasteiger partial charge in [0.15, 0.2) is 12.5 Å². The Hall–Kier alpha value is -2.30. The van der Waals surface area contributed by atoms with Crippen molar-refractivity contribution in [2.24, 2.45) is 0 Å². The molecule has 1 fully saturated rings. The van der Waals surface area contributed by atoms with E-state index >= 15 is 0 Å². The van der Waals surface area contributed by atoms with Crippen molar-refractivity contribution in [2.45, 2.75) is 58.9 Å². The van der Waals surface area contributed by atoms with Crippen LogP contribution in [0.15, 0.2) is 30.3 Å². The van der Waals surface area contributed by atoms with Gasteiger partial charge in [-0.05, 0) is 32.9 Å². The van der Waals surface area contributed by atoms with E-state index in [4.69, 9.17) is 32.7 Å². The Bertz CT molecular complexity index is 864. The summed E-state index contributed by atoms with van der Waals surface area (Å²) >= 11 is 0. The molecule has 0 spiro atoms. The lowest BCUT2D eigenvalue weighted by atomic mass is 9.99. The number of benzene rings is 1. The van der Waals surface area contributed by atoms with Crippen LogP contribution in [-0.4, -0.2) is 61.8 Å². The summed E-state index contributed by atoms with van der Waals surface area (Å²) in [5, 5.41) is 0. The summed E-state index contributed by atoms with van der Waals surface area (Å²) in [6.45, 7) is 7.12. The van der Waals surface area contributed by atoms with Gasteiger partial charge in [-0.3, -0.25) is 14.2 Å². The van der Waals surface area contributed by atoms with E-state index in [9.17, 15) is 18.9 Å². The van der Waals surface area contributed by atoms with Gasteiger partial charge in [0.1, 0.15) is 0 Å². The molecule has 1 aromatic carbocycles. The third-order valence-electron chi connectivity index (χ3n) is 4.47. The Kier molecular flexibility index (Phi) is 9.57. The first-order valence-corrected chi connectivity index (χ1v) is 12.1. The molecular weight excluding hydrogens is 459 g/mol. The zero-order valence-electron chi connectivity index (χ0n) is 19.2. The molecule has 1 aliphatic heterocycles. The summed E-state index contributed by atoms with van der Waals surface area (Å²) in [5.41, 5.74) is -1.58. The molecule has 0 saturated carbocycles. The molecule has 0 radical (unpaired) electrons. The zero-order chi connectivity index (χ0) is 24.6. The van der Waals surface area contributed by atoms with Crippen LogP contribution < -0.4 is 0 Å². The second-order valence-corrected chi connectivity index (χ2v) is 9.15. The van der Waals surface area contributed by atoms with Crippen molar-refractivity contribution in [2.75, 3.05) is 19.6 Å². The minimum Gasteiger partial charge on any atom is -0.453 e. The molecule has 4 atom stereocenters. The second kappa shape index (κ2) is 11.7. The number of rotatable bonds is 11. The first-order valence-electron chi connectivity index (χ1n) is 10.3. The number of esters is 3. The molecule has 1 heterocycles. The van der Waals surface area contributed by atoms with Crippen molar-refractivity contribution < 1.29 is 51.7 Å². The molecule has 0 bridgehead atoms. The van der Waals surface area contributed by atoms with E-state index in [1.54, 1.807) is 32.0 Å². The molecule has 184 valence electrons. The zero-order valence-corrected chi connectivity index (χ0v) is 20.1. The summed E-state index contributed by atoms with van der Waals surface area (Å²) in [6.07, 6.45) is -4.83. The summed E-state index contributed by atoms with van der Waals surface area (Å²) in [7, 11) is -3.66. The van der Waals surface area contributed by atoms with Crippen LogP contribution in [-0.2, 0) is 46.9 Å². The number of carbonyl (C=O) groups excluding carboxylic acids is 3. The quantitative estimate of drug-likeness (QED) is 0.258. The third-order valence-corrected chi connectivity index (χ3v) is 6.24. The van der Waals surface area contributed by atoms with Gasteiger partial charge in [0, 0.05) is 13.8 Å². The van der Waals surface area contributed by atoms with Crippen LogP contribution >= 0.6 is 7.60 Å². The lowest BCUT2D eigenvalue weighted by molar-refractivity contribution is -0.226. The highest BCUT2D eigenvalue weighted by molar-refractivity contribution is 7.53. The molecule has 2 rings (SSSR count). The van der Waals surface area contributed by atoms with E-state index in [-0.39, 0.29) is 18.8 Å². The molecule has 33 heavy (non-hydrogen) atoms. The first kappa shape index (κ1) is 26.9. The fourth-order valence-electron chi connectivity index (χ4n) is 3.12. The van der Waals surface area contributed by atoms with Crippen molar-refractivity contribution in [1.82, 2.24) is 0 Å². The Balaban J connectivity index is 2.35. The number of hydrogen-bond donors (Lipinski definition) is 0. The highest BCUT2D eigenvalue weighted by atomic mass is 31.2. The van der Waals surface area contributed by atoms with E-state index < -0.39 is 56.1 Å². The Morgan fingerprint density at radius 1 is 1.00 bits per heavy atom. The van der Waals surface area contributed by atoms with Gasteiger partial charge in [0.2, 0.25) is 18.2 Å². The van der Waals surface area contributed by atoms with Crippen LogP contribution in [0.2, 0.25) is 0 Å². The van der Waals surface area contributed by atoms with Gasteiger partial charge in [-0.1, -0.05) is 18.2 Å². The molecule has 12 heteroatoms. The summed E-state index contributed by atoms with van der Waals surface area (Å²) in [6, 6.07) is 8.05. The van der Waals surface area contributed by atoms with E-state index in [1.165, 1.54) is 19.1 Å². The number of hydrogen-bond acceptors (Lipinski definition) is 11. The predicted octanol–water partition coefficient (Wildman–Crippen LogP) is 3.02. The first-order chi connectivity index (χ1) is 15.5. The van der Waals surface area contributed by atoms with E-state index in [0.717, 1.165) is 13.8 Å². The highest BCUT2D eigenvalue weighted by Crippen LogP contribution is 2.49. The summed E-state index contributed by atoms with van der Waals surface area (Å²) in [4.78, 5) is 36.3. The normalized spacial score (nSPS) is 24.8. The molecule has 2 unspecified atom stereocenters. The fourth-order valence-corrected chi connectivity index (χ4v) is 4.46. The molecule has 0 N–H and O–H groups in total. The largest absolute Gasteiger partial charge is 0.453 e. The summed E-state index contributed by atoms with van der Waals surface area (Å²) < 4.78 is 50.5. The molecule has 1 aliphatic rings. The fraction of sp³-hybridized carbons (Fsp3) is 0.571. The van der Waals surface area contributed by atoms with E-state index in [0.29, 0.717) is 0 Å². The van der Waals surface area contributed by atoms with Crippen LogP contribution in [0.3, 0.4) is 0 Å². The topological polar surface area (TPSA) is 133 Å². The van der Waals surface area contributed by atoms with Gasteiger partial charge in [0.05, 0.1) is 18.8 Å². The van der Waals surface area contributed by atoms with Gasteiger partial charge in [-0.2, -0.15) is 0 Å². The highest BCUT2D eigenvalue weighted by Gasteiger charge is 2.62. The van der Waals surface area contributed by atoms with Crippen LogP contribution in [0.4, 0.5) is 0 Å². The number of ether oxygens (including phenoxy) is 5. The van der Waals surface area contributed by atoms with Crippen LogP contribution in [0.25, 0.3) is 0 Å². The Morgan fingerprint density at radius 2 is 1.58 bits per heavy atom. The Labute approximate surface area is 192 Å². The van der Waals surface area contributed by atoms with Crippen LogP contribution in [0.1, 0.15) is 45.0 Å². The minimum atomic E-state index is -3.66. The molecule has 11 nitrogen and oxygen atoms in total. The van der Waals surface area contributed by atoms with Crippen molar-refractivity contribution in [3.63, 3.8) is 0 Å². The molecule has 0 aromatic heterocycles. The van der Waals surface area contributed by atoms with Gasteiger partial charge in [-0.25, -0.2) is 4.79 Å². The van der Waals surface area contributed by atoms with E-state index in [1.807, 2.05) is 0 Å². The maximum absolute atomic E-state index is 12.8. The molecule has 1 aromatic rings. The number of carbonyl (C=O) groups is 3. The lowest BCUT2D eigenvalue weighted by Crippen LogP contribution is -2.52. The predicted molar refractivity (Wildman–Crippen MR) is 113 cm³/mol. The van der Waals surface area contributed by atoms with E-state index in [2.05, 4.69) is 0 Å². The standard InChI is InChI=1S/C21H29O11P/c1-6-27-33(25,28-7-2)13-26-19-17(29-14(3)22)21(5,20(31-19)30-15(4)23)32-18(24)16-11-9-8-10-12-16/h8-12,17,19-20H,6-7,13H2,1-5H3/t17-,19-,20?,21?/m0/s1. The third kappa shape index (κ3) is 7.09. The summed E-state index contributed by atoms with van der Waals surface area (Å²) in [5.74, 6) is -2.25. The van der Waals surface area contributed by atoms with Crippen LogP contribution in [0, 0.1) is 0 Å². The smallest absolute Gasteiger partial charge is 0.356 e. The molecule has 0 amide bonds. The SMILES string of the molecule is CCOP(=O)(CO[C@H]1OC(OC(C)=O)C(C)(OC(=O)c2ccccc2)[C@H]1OC(C)=O)OCC. The minimum absolute atomic E-state index is 0.0992. The average molecular weight is 488 g/mol. The maximum atomic E-state index is 12.8. The van der Waals surface area contributed by atoms with Crippen LogP contribution in [0.5, 0.6) is 0 Å². The Morgan fingerprint density at radius 3 is 2.09 bits per heavy atom. The molecule has 1 saturated heterocycles. The van der Waals surface area contributed by atoms with Gasteiger partial charge >= 0.3 is 25.5 Å². The molecule has 0 aliphatic carbocycles. The maximum Gasteiger partial charge on any atom is 0.356 e. The monoisotopic (exact) mass is 488 g/mol. The van der Waals surface area contributed by atoms with Crippen molar-refractivity contribution in [1.29, 1.82) is 0 Å². The van der Waals surface area contributed by atoms with Crippen molar-refractivity contribution in [3.05, 3.63) is 35.9 Å². The van der Waals surface area contributed by atoms with Crippen molar-refractivity contribution >= 4 is 25.5 Å².